The van der Waals surface area contributed by atoms with E-state index in [4.69, 9.17) is 0 Å². The van der Waals surface area contributed by atoms with E-state index in [9.17, 15) is 9.50 Å². The number of nitrogens with zero attached hydrogens (tertiary/aromatic N) is 2. The number of aromatic nitrogens is 2. The van der Waals surface area contributed by atoms with Gasteiger partial charge in [0.1, 0.15) is 5.82 Å². The van der Waals surface area contributed by atoms with Gasteiger partial charge in [-0.1, -0.05) is 19.9 Å². The summed E-state index contributed by atoms with van der Waals surface area (Å²) >= 11 is 0. The molecule has 0 saturated heterocycles. The van der Waals surface area contributed by atoms with Crippen molar-refractivity contribution >= 4 is 0 Å². The number of halogens is 1. The minimum absolute atomic E-state index is 0.126. The highest BCUT2D eigenvalue weighted by Crippen LogP contribution is 2.42. The number of aliphatic hydroxyl groups excluding tert-OH is 1. The molecule has 0 fully saturated rings. The van der Waals surface area contributed by atoms with E-state index in [1.807, 2.05) is 18.4 Å². The van der Waals surface area contributed by atoms with Gasteiger partial charge < -0.3 is 9.67 Å². The summed E-state index contributed by atoms with van der Waals surface area (Å²) < 4.78 is 15.3. The molecule has 2 heterocycles. The van der Waals surface area contributed by atoms with Crippen LogP contribution in [0.2, 0.25) is 0 Å². The summed E-state index contributed by atoms with van der Waals surface area (Å²) in [6, 6.07) is 4.54. The van der Waals surface area contributed by atoms with Gasteiger partial charge in [-0.05, 0) is 23.6 Å². The molecule has 1 N–H and O–H groups in total. The lowest BCUT2D eigenvalue weighted by Gasteiger charge is -2.24. The number of imidazole rings is 1. The molecule has 1 aliphatic heterocycles. The van der Waals surface area contributed by atoms with Crippen molar-refractivity contribution < 1.29 is 9.50 Å². The van der Waals surface area contributed by atoms with Gasteiger partial charge in [0.2, 0.25) is 0 Å². The zero-order valence-corrected chi connectivity index (χ0v) is 10.3. The number of benzene rings is 1. The number of hydrogen-bond acceptors (Lipinski definition) is 2. The second kappa shape index (κ2) is 3.92. The van der Waals surface area contributed by atoms with Gasteiger partial charge in [-0.15, -0.1) is 0 Å². The summed E-state index contributed by atoms with van der Waals surface area (Å²) in [5, 5.41) is 10.4. The Morgan fingerprint density at radius 3 is 2.89 bits per heavy atom. The Hall–Kier alpha value is -1.68. The molecular weight excluding hydrogens is 231 g/mol. The Bertz CT molecular complexity index is 591. The Balaban J connectivity index is 2.19. The van der Waals surface area contributed by atoms with E-state index in [1.165, 1.54) is 12.1 Å². The molecule has 1 unspecified atom stereocenters. The van der Waals surface area contributed by atoms with Crippen LogP contribution in [0.3, 0.4) is 0 Å². The van der Waals surface area contributed by atoms with E-state index in [0.29, 0.717) is 0 Å². The maximum atomic E-state index is 13.4. The maximum absolute atomic E-state index is 13.4. The lowest BCUT2D eigenvalue weighted by molar-refractivity contribution is 0.0879. The standard InChI is InChI=1S/C14H15FN2O/c1-8(2)14(18)13-10-4-3-9(15)5-11(10)12-6-16-7-17(12)13/h3-8,13-14,18H,1-2H3/t13?,14-/m1/s1. The number of fused-ring (bicyclic) bond motifs is 3. The van der Waals surface area contributed by atoms with Crippen LogP contribution in [0.4, 0.5) is 4.39 Å². The first kappa shape index (κ1) is 11.4. The summed E-state index contributed by atoms with van der Waals surface area (Å²) in [4.78, 5) is 4.09. The molecule has 0 saturated carbocycles. The summed E-state index contributed by atoms with van der Waals surface area (Å²) in [7, 11) is 0. The average Bonchev–Trinajstić information content (AvgIpc) is 2.88. The van der Waals surface area contributed by atoms with Crippen molar-refractivity contribution in [1.82, 2.24) is 9.55 Å². The fraction of sp³-hybridized carbons (Fsp3) is 0.357. The molecule has 1 aromatic carbocycles. The first-order valence-corrected chi connectivity index (χ1v) is 6.09. The SMILES string of the molecule is CC(C)[C@@H](O)C1c2ccc(F)cc2-c2cncn21. The van der Waals surface area contributed by atoms with Crippen LogP contribution in [0.25, 0.3) is 11.3 Å². The third kappa shape index (κ3) is 1.49. The lowest BCUT2D eigenvalue weighted by atomic mass is 9.93. The fourth-order valence-electron chi connectivity index (χ4n) is 2.61. The molecule has 3 nitrogen and oxygen atoms in total. The molecule has 1 aliphatic rings. The van der Waals surface area contributed by atoms with Crippen LogP contribution in [0, 0.1) is 11.7 Å². The third-order valence-electron chi connectivity index (χ3n) is 3.58. The van der Waals surface area contributed by atoms with Crippen LogP contribution in [-0.4, -0.2) is 20.8 Å². The zero-order valence-electron chi connectivity index (χ0n) is 10.3. The van der Waals surface area contributed by atoms with Crippen LogP contribution < -0.4 is 0 Å². The summed E-state index contributed by atoms with van der Waals surface area (Å²) in [6.45, 7) is 3.95. The summed E-state index contributed by atoms with van der Waals surface area (Å²) in [6.07, 6.45) is 2.90. The molecule has 4 heteroatoms. The summed E-state index contributed by atoms with van der Waals surface area (Å²) in [5.74, 6) is -0.137. The predicted molar refractivity (Wildman–Crippen MR) is 66.6 cm³/mol. The highest BCUT2D eigenvalue weighted by Gasteiger charge is 2.34. The van der Waals surface area contributed by atoms with Crippen molar-refractivity contribution in [1.29, 1.82) is 0 Å². The fourth-order valence-corrected chi connectivity index (χ4v) is 2.61. The first-order valence-electron chi connectivity index (χ1n) is 6.09. The van der Waals surface area contributed by atoms with Gasteiger partial charge in [-0.25, -0.2) is 9.37 Å². The molecule has 3 rings (SSSR count). The minimum atomic E-state index is -0.510. The second-order valence-electron chi connectivity index (χ2n) is 5.10. The van der Waals surface area contributed by atoms with Crippen molar-refractivity contribution in [3.8, 4) is 11.3 Å². The van der Waals surface area contributed by atoms with Gasteiger partial charge in [0.15, 0.2) is 0 Å². The lowest BCUT2D eigenvalue weighted by Crippen LogP contribution is -2.27. The van der Waals surface area contributed by atoms with Crippen molar-refractivity contribution in [3.05, 3.63) is 42.1 Å². The molecule has 94 valence electrons. The van der Waals surface area contributed by atoms with Crippen molar-refractivity contribution in [2.45, 2.75) is 26.0 Å². The molecule has 1 aromatic heterocycles. The molecule has 0 amide bonds. The average molecular weight is 246 g/mol. The van der Waals surface area contributed by atoms with E-state index in [2.05, 4.69) is 4.98 Å². The third-order valence-corrected chi connectivity index (χ3v) is 3.58. The smallest absolute Gasteiger partial charge is 0.123 e. The molecule has 2 atom stereocenters. The van der Waals surface area contributed by atoms with Crippen LogP contribution in [0.15, 0.2) is 30.7 Å². The van der Waals surface area contributed by atoms with Gasteiger partial charge in [0, 0.05) is 5.56 Å². The molecule has 0 bridgehead atoms. The Kier molecular flexibility index (Phi) is 2.48. The molecule has 0 radical (unpaired) electrons. The van der Waals surface area contributed by atoms with Gasteiger partial charge in [0.05, 0.1) is 30.4 Å². The van der Waals surface area contributed by atoms with Crippen molar-refractivity contribution in [2.24, 2.45) is 5.92 Å². The maximum Gasteiger partial charge on any atom is 0.123 e. The highest BCUT2D eigenvalue weighted by molar-refractivity contribution is 5.69. The molecule has 0 aliphatic carbocycles. The largest absolute Gasteiger partial charge is 0.390 e. The number of aliphatic hydroxyl groups is 1. The Labute approximate surface area is 105 Å². The van der Waals surface area contributed by atoms with Crippen molar-refractivity contribution in [2.75, 3.05) is 0 Å². The minimum Gasteiger partial charge on any atom is -0.390 e. The predicted octanol–water partition coefficient (Wildman–Crippen LogP) is 2.61. The Morgan fingerprint density at radius 1 is 1.39 bits per heavy atom. The van der Waals surface area contributed by atoms with Crippen LogP contribution in [-0.2, 0) is 0 Å². The normalized spacial score (nSPS) is 18.8. The van der Waals surface area contributed by atoms with E-state index >= 15 is 0 Å². The highest BCUT2D eigenvalue weighted by atomic mass is 19.1. The van der Waals surface area contributed by atoms with E-state index < -0.39 is 6.10 Å². The monoisotopic (exact) mass is 246 g/mol. The van der Waals surface area contributed by atoms with E-state index in [1.54, 1.807) is 18.6 Å². The van der Waals surface area contributed by atoms with Gasteiger partial charge in [0.25, 0.3) is 0 Å². The van der Waals surface area contributed by atoms with E-state index in [0.717, 1.165) is 16.8 Å². The summed E-state index contributed by atoms with van der Waals surface area (Å²) in [5.41, 5.74) is 2.67. The van der Waals surface area contributed by atoms with E-state index in [-0.39, 0.29) is 17.8 Å². The van der Waals surface area contributed by atoms with Crippen LogP contribution in [0.5, 0.6) is 0 Å². The zero-order chi connectivity index (χ0) is 12.9. The first-order chi connectivity index (χ1) is 8.59. The number of rotatable bonds is 2. The topological polar surface area (TPSA) is 38.1 Å². The van der Waals surface area contributed by atoms with Gasteiger partial charge in [-0.3, -0.25) is 0 Å². The van der Waals surface area contributed by atoms with Crippen LogP contribution in [0.1, 0.15) is 25.5 Å². The van der Waals surface area contributed by atoms with Crippen LogP contribution >= 0.6 is 0 Å². The van der Waals surface area contributed by atoms with Gasteiger partial charge in [-0.2, -0.15) is 0 Å². The van der Waals surface area contributed by atoms with Crippen molar-refractivity contribution in [3.63, 3.8) is 0 Å². The quantitative estimate of drug-likeness (QED) is 0.884. The van der Waals surface area contributed by atoms with Gasteiger partial charge >= 0.3 is 0 Å². The second-order valence-corrected chi connectivity index (χ2v) is 5.10. The molecular formula is C14H15FN2O. The molecule has 2 aromatic rings. The molecule has 0 spiro atoms. The number of hydrogen-bond donors (Lipinski definition) is 1. The Morgan fingerprint density at radius 2 is 2.17 bits per heavy atom. The molecule has 18 heavy (non-hydrogen) atoms.